The van der Waals surface area contributed by atoms with Crippen molar-refractivity contribution in [3.8, 4) is 5.75 Å². The number of aromatic carboxylic acids is 1. The number of benzene rings is 1. The SMILES string of the molecule is COc1cc(Nc2nc(Cl)ccc2C(=O)O)ccc1Br. The number of hydrogen-bond acceptors (Lipinski definition) is 4. The number of halogens is 2. The molecule has 1 aromatic heterocycles. The molecule has 0 bridgehead atoms. The van der Waals surface area contributed by atoms with Gasteiger partial charge in [0.15, 0.2) is 0 Å². The van der Waals surface area contributed by atoms with E-state index in [2.05, 4.69) is 26.2 Å². The molecule has 0 saturated heterocycles. The number of rotatable bonds is 4. The number of ether oxygens (including phenoxy) is 1. The van der Waals surface area contributed by atoms with Crippen LogP contribution in [0.15, 0.2) is 34.8 Å². The van der Waals surface area contributed by atoms with Crippen LogP contribution in [0.4, 0.5) is 11.5 Å². The Morgan fingerprint density at radius 3 is 2.80 bits per heavy atom. The fourth-order valence-electron chi connectivity index (χ4n) is 1.58. The minimum atomic E-state index is -1.08. The van der Waals surface area contributed by atoms with Gasteiger partial charge in [0.25, 0.3) is 0 Å². The van der Waals surface area contributed by atoms with E-state index in [1.807, 2.05) is 0 Å². The first kappa shape index (κ1) is 14.6. The molecule has 0 aliphatic rings. The van der Waals surface area contributed by atoms with E-state index in [-0.39, 0.29) is 16.5 Å². The highest BCUT2D eigenvalue weighted by molar-refractivity contribution is 9.10. The van der Waals surface area contributed by atoms with Crippen molar-refractivity contribution < 1.29 is 14.6 Å². The van der Waals surface area contributed by atoms with Gasteiger partial charge in [-0.25, -0.2) is 9.78 Å². The summed E-state index contributed by atoms with van der Waals surface area (Å²) in [5, 5.41) is 12.3. The van der Waals surface area contributed by atoms with Crippen LogP contribution in [0, 0.1) is 0 Å². The number of pyridine rings is 1. The molecule has 0 atom stereocenters. The van der Waals surface area contributed by atoms with Gasteiger partial charge in [-0.15, -0.1) is 0 Å². The Balaban J connectivity index is 2.39. The summed E-state index contributed by atoms with van der Waals surface area (Å²) in [6.45, 7) is 0. The van der Waals surface area contributed by atoms with E-state index in [4.69, 9.17) is 21.4 Å². The van der Waals surface area contributed by atoms with E-state index in [9.17, 15) is 4.79 Å². The zero-order chi connectivity index (χ0) is 14.7. The lowest BCUT2D eigenvalue weighted by Crippen LogP contribution is -2.05. The number of hydrogen-bond donors (Lipinski definition) is 2. The number of methoxy groups -OCH3 is 1. The molecule has 0 radical (unpaired) electrons. The molecule has 5 nitrogen and oxygen atoms in total. The Bertz CT molecular complexity index is 664. The highest BCUT2D eigenvalue weighted by Crippen LogP contribution is 2.30. The number of aromatic nitrogens is 1. The molecule has 2 rings (SSSR count). The molecule has 0 amide bonds. The smallest absolute Gasteiger partial charge is 0.339 e. The van der Waals surface area contributed by atoms with Crippen molar-refractivity contribution in [2.75, 3.05) is 12.4 Å². The summed E-state index contributed by atoms with van der Waals surface area (Å²) in [4.78, 5) is 15.1. The van der Waals surface area contributed by atoms with Gasteiger partial charge in [-0.2, -0.15) is 0 Å². The minimum Gasteiger partial charge on any atom is -0.495 e. The Kier molecular flexibility index (Phi) is 4.46. The topological polar surface area (TPSA) is 71.5 Å². The average molecular weight is 358 g/mol. The molecule has 7 heteroatoms. The number of nitrogens with zero attached hydrogens (tertiary/aromatic N) is 1. The molecular formula is C13H10BrClN2O3. The molecule has 104 valence electrons. The average Bonchev–Trinajstić information content (AvgIpc) is 2.40. The third-order valence-corrected chi connectivity index (χ3v) is 3.37. The lowest BCUT2D eigenvalue weighted by molar-refractivity contribution is 0.0697. The van der Waals surface area contributed by atoms with Crippen molar-refractivity contribution in [1.82, 2.24) is 4.98 Å². The molecule has 0 unspecified atom stereocenters. The molecule has 0 fully saturated rings. The molecule has 1 aromatic carbocycles. The number of carboxylic acids is 1. The molecule has 2 aromatic rings. The van der Waals surface area contributed by atoms with Crippen molar-refractivity contribution in [2.24, 2.45) is 0 Å². The molecule has 0 aliphatic carbocycles. The zero-order valence-electron chi connectivity index (χ0n) is 10.4. The normalized spacial score (nSPS) is 10.2. The maximum atomic E-state index is 11.1. The summed E-state index contributed by atoms with van der Waals surface area (Å²) in [6, 6.07) is 8.10. The molecular weight excluding hydrogens is 348 g/mol. The Hall–Kier alpha value is -1.79. The lowest BCUT2D eigenvalue weighted by atomic mass is 10.2. The molecule has 2 N–H and O–H groups in total. The van der Waals surface area contributed by atoms with Crippen LogP contribution in [0.25, 0.3) is 0 Å². The van der Waals surface area contributed by atoms with Crippen LogP contribution >= 0.6 is 27.5 Å². The van der Waals surface area contributed by atoms with E-state index in [1.165, 1.54) is 12.1 Å². The second kappa shape index (κ2) is 6.11. The lowest BCUT2D eigenvalue weighted by Gasteiger charge is -2.11. The first-order valence-corrected chi connectivity index (χ1v) is 6.68. The third-order valence-electron chi connectivity index (χ3n) is 2.51. The Morgan fingerprint density at radius 1 is 1.40 bits per heavy atom. The van der Waals surface area contributed by atoms with E-state index in [0.29, 0.717) is 11.4 Å². The van der Waals surface area contributed by atoms with Gasteiger partial charge in [0.2, 0.25) is 0 Å². The minimum absolute atomic E-state index is 0.0382. The van der Waals surface area contributed by atoms with Gasteiger partial charge >= 0.3 is 5.97 Å². The number of anilines is 2. The standard InChI is InChI=1S/C13H10BrClN2O3/c1-20-10-6-7(2-4-9(10)14)16-12-8(13(18)19)3-5-11(15)17-12/h2-6H,1H3,(H,16,17)(H,18,19). The fraction of sp³-hybridized carbons (Fsp3) is 0.0769. The highest BCUT2D eigenvalue weighted by atomic mass is 79.9. The van der Waals surface area contributed by atoms with Crippen LogP contribution in [-0.2, 0) is 0 Å². The fourth-order valence-corrected chi connectivity index (χ4v) is 2.13. The molecule has 20 heavy (non-hydrogen) atoms. The van der Waals surface area contributed by atoms with Gasteiger partial charge in [-0.05, 0) is 40.2 Å². The predicted octanol–water partition coefficient (Wildman–Crippen LogP) is 3.95. The summed E-state index contributed by atoms with van der Waals surface area (Å²) in [5.74, 6) is -0.288. The maximum Gasteiger partial charge on any atom is 0.339 e. The van der Waals surface area contributed by atoms with Crippen LogP contribution in [0.2, 0.25) is 5.15 Å². The van der Waals surface area contributed by atoms with E-state index in [1.54, 1.807) is 25.3 Å². The van der Waals surface area contributed by atoms with Crippen LogP contribution in [0.1, 0.15) is 10.4 Å². The molecule has 0 saturated carbocycles. The van der Waals surface area contributed by atoms with Gasteiger partial charge in [0.1, 0.15) is 22.3 Å². The van der Waals surface area contributed by atoms with Gasteiger partial charge in [-0.1, -0.05) is 11.6 Å². The molecule has 0 aliphatic heterocycles. The van der Waals surface area contributed by atoms with Crippen LogP contribution < -0.4 is 10.1 Å². The molecule has 0 spiro atoms. The van der Waals surface area contributed by atoms with Crippen molar-refractivity contribution in [1.29, 1.82) is 0 Å². The Labute approximate surface area is 128 Å². The Morgan fingerprint density at radius 2 is 2.15 bits per heavy atom. The van der Waals surface area contributed by atoms with Crippen LogP contribution in [-0.4, -0.2) is 23.2 Å². The monoisotopic (exact) mass is 356 g/mol. The predicted molar refractivity (Wildman–Crippen MR) is 80.2 cm³/mol. The zero-order valence-corrected chi connectivity index (χ0v) is 12.7. The molecule has 1 heterocycles. The highest BCUT2D eigenvalue weighted by Gasteiger charge is 2.13. The number of nitrogens with one attached hydrogen (secondary N) is 1. The van der Waals surface area contributed by atoms with E-state index in [0.717, 1.165) is 4.47 Å². The van der Waals surface area contributed by atoms with E-state index < -0.39 is 5.97 Å². The number of carboxylic acid groups (broad SMARTS) is 1. The van der Waals surface area contributed by atoms with Crippen LogP contribution in [0.3, 0.4) is 0 Å². The van der Waals surface area contributed by atoms with Crippen molar-refractivity contribution in [3.05, 3.63) is 45.5 Å². The summed E-state index contributed by atoms with van der Waals surface area (Å²) in [6.07, 6.45) is 0. The summed E-state index contributed by atoms with van der Waals surface area (Å²) in [5.41, 5.74) is 0.679. The quantitative estimate of drug-likeness (QED) is 0.811. The summed E-state index contributed by atoms with van der Waals surface area (Å²) in [7, 11) is 1.55. The van der Waals surface area contributed by atoms with Crippen molar-refractivity contribution in [2.45, 2.75) is 0 Å². The van der Waals surface area contributed by atoms with Crippen molar-refractivity contribution in [3.63, 3.8) is 0 Å². The first-order valence-electron chi connectivity index (χ1n) is 5.51. The van der Waals surface area contributed by atoms with Gasteiger partial charge in [0.05, 0.1) is 11.6 Å². The van der Waals surface area contributed by atoms with Gasteiger partial charge < -0.3 is 15.2 Å². The third kappa shape index (κ3) is 3.20. The van der Waals surface area contributed by atoms with Crippen LogP contribution in [0.5, 0.6) is 5.75 Å². The first-order chi connectivity index (χ1) is 9.51. The van der Waals surface area contributed by atoms with E-state index >= 15 is 0 Å². The number of carbonyl (C=O) groups is 1. The van der Waals surface area contributed by atoms with Crippen molar-refractivity contribution >= 4 is 45.0 Å². The van der Waals surface area contributed by atoms with Gasteiger partial charge in [-0.3, -0.25) is 0 Å². The largest absolute Gasteiger partial charge is 0.495 e. The summed E-state index contributed by atoms with van der Waals surface area (Å²) < 4.78 is 5.97. The van der Waals surface area contributed by atoms with Gasteiger partial charge in [0, 0.05) is 11.8 Å². The summed E-state index contributed by atoms with van der Waals surface area (Å²) >= 11 is 9.14. The second-order valence-electron chi connectivity index (χ2n) is 3.81. The second-order valence-corrected chi connectivity index (χ2v) is 5.05. The maximum absolute atomic E-state index is 11.1.